The number of aromatic nitrogens is 2. The molecule has 1 aliphatic rings. The normalized spacial score (nSPS) is 14.4. The van der Waals surface area contributed by atoms with Crippen molar-refractivity contribution in [2.24, 2.45) is 0 Å². The van der Waals surface area contributed by atoms with Crippen LogP contribution in [0.2, 0.25) is 0 Å². The lowest BCUT2D eigenvalue weighted by Gasteiger charge is -2.09. The van der Waals surface area contributed by atoms with E-state index in [9.17, 15) is 13.6 Å². The number of hydrogen-bond donors (Lipinski definition) is 1. The second-order valence-electron chi connectivity index (χ2n) is 6.73. The Morgan fingerprint density at radius 3 is 2.33 bits per heavy atom. The van der Waals surface area contributed by atoms with Crippen LogP contribution >= 0.6 is 0 Å². The number of amides is 1. The second-order valence-corrected chi connectivity index (χ2v) is 6.73. The zero-order chi connectivity index (χ0) is 18.8. The molecule has 4 rings (SSSR count). The second kappa shape index (κ2) is 7.31. The zero-order valence-corrected chi connectivity index (χ0v) is 14.7. The Morgan fingerprint density at radius 1 is 1.00 bits per heavy atom. The molecule has 1 aliphatic carbocycles. The van der Waals surface area contributed by atoms with E-state index in [1.54, 1.807) is 10.7 Å². The molecule has 1 fully saturated rings. The lowest BCUT2D eigenvalue weighted by molar-refractivity contribution is 0.101. The van der Waals surface area contributed by atoms with Crippen LogP contribution in [0, 0.1) is 11.6 Å². The summed E-state index contributed by atoms with van der Waals surface area (Å²) in [5.41, 5.74) is 1.06. The number of hydrogen-bond acceptors (Lipinski definition) is 2. The van der Waals surface area contributed by atoms with E-state index in [0.717, 1.165) is 49.2 Å². The molecular formula is C21H19F2N3O. The number of carbonyl (C=O) groups excluding carboxylic acids is 1. The number of nitrogens with one attached hydrogen (secondary N) is 1. The highest BCUT2D eigenvalue weighted by Gasteiger charge is 2.24. The fourth-order valence-corrected chi connectivity index (χ4v) is 3.57. The van der Waals surface area contributed by atoms with Crippen LogP contribution < -0.4 is 5.32 Å². The van der Waals surface area contributed by atoms with E-state index in [1.807, 2.05) is 30.3 Å². The number of anilines is 1. The van der Waals surface area contributed by atoms with Crippen molar-refractivity contribution in [3.05, 3.63) is 77.5 Å². The average molecular weight is 367 g/mol. The quantitative estimate of drug-likeness (QED) is 0.701. The zero-order valence-electron chi connectivity index (χ0n) is 14.7. The van der Waals surface area contributed by atoms with Gasteiger partial charge in [0.25, 0.3) is 5.91 Å². The summed E-state index contributed by atoms with van der Waals surface area (Å²) in [5, 5.41) is 7.30. The Hall–Kier alpha value is -3.02. The Kier molecular flexibility index (Phi) is 4.71. The van der Waals surface area contributed by atoms with Crippen molar-refractivity contribution in [1.82, 2.24) is 9.78 Å². The predicted octanol–water partition coefficient (Wildman–Crippen LogP) is 5.06. The van der Waals surface area contributed by atoms with E-state index in [4.69, 9.17) is 0 Å². The van der Waals surface area contributed by atoms with Crippen LogP contribution in [-0.4, -0.2) is 15.7 Å². The van der Waals surface area contributed by atoms with Gasteiger partial charge in [-0.25, -0.2) is 13.5 Å². The van der Waals surface area contributed by atoms with E-state index in [-0.39, 0.29) is 0 Å². The van der Waals surface area contributed by atoms with E-state index >= 15 is 0 Å². The van der Waals surface area contributed by atoms with E-state index in [2.05, 4.69) is 10.4 Å². The molecule has 27 heavy (non-hydrogen) atoms. The van der Waals surface area contributed by atoms with Crippen LogP contribution in [0.15, 0.2) is 54.6 Å². The number of benzene rings is 2. The third kappa shape index (κ3) is 3.47. The minimum Gasteiger partial charge on any atom is -0.306 e. The lowest BCUT2D eigenvalue weighted by Crippen LogP contribution is -2.18. The molecule has 0 bridgehead atoms. The summed E-state index contributed by atoms with van der Waals surface area (Å²) in [7, 11) is 0. The fourth-order valence-electron chi connectivity index (χ4n) is 3.57. The highest BCUT2D eigenvalue weighted by molar-refractivity contribution is 6.04. The first-order valence-corrected chi connectivity index (χ1v) is 9.04. The number of carbonyl (C=O) groups is 1. The molecule has 1 N–H and O–H groups in total. The summed E-state index contributed by atoms with van der Waals surface area (Å²) >= 11 is 0. The van der Waals surface area contributed by atoms with Crippen molar-refractivity contribution in [2.75, 3.05) is 5.32 Å². The molecule has 0 saturated heterocycles. The van der Waals surface area contributed by atoms with Crippen LogP contribution in [0.4, 0.5) is 14.6 Å². The molecule has 4 nitrogen and oxygen atoms in total. The Labute approximate surface area is 155 Å². The maximum absolute atomic E-state index is 14.0. The highest BCUT2D eigenvalue weighted by Crippen LogP contribution is 2.35. The highest BCUT2D eigenvalue weighted by atomic mass is 19.1. The molecule has 3 aromatic rings. The molecule has 138 valence electrons. The number of para-hydroxylation sites is 1. The summed E-state index contributed by atoms with van der Waals surface area (Å²) in [6.07, 6.45) is 4.43. The Morgan fingerprint density at radius 2 is 1.67 bits per heavy atom. The first kappa shape index (κ1) is 17.4. The molecule has 1 saturated carbocycles. The van der Waals surface area contributed by atoms with Crippen LogP contribution in [0.3, 0.4) is 0 Å². The van der Waals surface area contributed by atoms with Gasteiger partial charge >= 0.3 is 0 Å². The summed E-state index contributed by atoms with van der Waals surface area (Å²) in [5.74, 6) is -1.88. The number of rotatable bonds is 4. The van der Waals surface area contributed by atoms with Gasteiger partial charge in [0.15, 0.2) is 0 Å². The molecule has 0 aliphatic heterocycles. The van der Waals surface area contributed by atoms with Gasteiger partial charge < -0.3 is 5.32 Å². The van der Waals surface area contributed by atoms with Crippen molar-refractivity contribution in [3.63, 3.8) is 0 Å². The minimum atomic E-state index is -0.894. The number of nitrogens with zero attached hydrogens (tertiary/aromatic N) is 2. The van der Waals surface area contributed by atoms with Crippen LogP contribution in [0.5, 0.6) is 0 Å². The third-order valence-corrected chi connectivity index (χ3v) is 4.93. The predicted molar refractivity (Wildman–Crippen MR) is 99.1 cm³/mol. The van der Waals surface area contributed by atoms with Gasteiger partial charge in [0.05, 0.1) is 11.4 Å². The smallest absolute Gasteiger partial charge is 0.262 e. The van der Waals surface area contributed by atoms with Gasteiger partial charge in [-0.2, -0.15) is 5.10 Å². The van der Waals surface area contributed by atoms with Crippen molar-refractivity contribution >= 4 is 11.7 Å². The van der Waals surface area contributed by atoms with Gasteiger partial charge in [0.1, 0.15) is 23.0 Å². The topological polar surface area (TPSA) is 46.9 Å². The fraction of sp³-hybridized carbons (Fsp3) is 0.238. The minimum absolute atomic E-state index is 0.343. The van der Waals surface area contributed by atoms with Gasteiger partial charge in [0.2, 0.25) is 0 Å². The van der Waals surface area contributed by atoms with E-state index < -0.39 is 23.1 Å². The van der Waals surface area contributed by atoms with Crippen LogP contribution in [0.25, 0.3) is 5.69 Å². The van der Waals surface area contributed by atoms with E-state index in [1.165, 1.54) is 6.07 Å². The monoisotopic (exact) mass is 367 g/mol. The first-order valence-electron chi connectivity index (χ1n) is 9.04. The third-order valence-electron chi connectivity index (χ3n) is 4.93. The SMILES string of the molecule is O=C(Nc1cc(C2CCCC2)nn1-c1ccccc1)c1c(F)cccc1F. The summed E-state index contributed by atoms with van der Waals surface area (Å²) in [6, 6.07) is 14.5. The maximum atomic E-state index is 14.0. The average Bonchev–Trinajstić information content (AvgIpc) is 3.32. The molecule has 0 atom stereocenters. The summed E-state index contributed by atoms with van der Waals surface area (Å²) in [6.45, 7) is 0. The van der Waals surface area contributed by atoms with Gasteiger partial charge in [-0.05, 0) is 37.1 Å². The van der Waals surface area contributed by atoms with Crippen LogP contribution in [0.1, 0.15) is 47.7 Å². The Bertz CT molecular complexity index is 943. The number of halogens is 2. The van der Waals surface area contributed by atoms with E-state index in [0.29, 0.717) is 11.7 Å². The largest absolute Gasteiger partial charge is 0.306 e. The van der Waals surface area contributed by atoms with Crippen LogP contribution in [-0.2, 0) is 0 Å². The summed E-state index contributed by atoms with van der Waals surface area (Å²) < 4.78 is 29.5. The first-order chi connectivity index (χ1) is 13.1. The van der Waals surface area contributed by atoms with Gasteiger partial charge in [-0.1, -0.05) is 37.1 Å². The van der Waals surface area contributed by atoms with Crippen molar-refractivity contribution < 1.29 is 13.6 Å². The van der Waals surface area contributed by atoms with Gasteiger partial charge in [0, 0.05) is 12.0 Å². The lowest BCUT2D eigenvalue weighted by atomic mass is 10.0. The van der Waals surface area contributed by atoms with Gasteiger partial charge in [-0.15, -0.1) is 0 Å². The van der Waals surface area contributed by atoms with Crippen molar-refractivity contribution in [1.29, 1.82) is 0 Å². The summed E-state index contributed by atoms with van der Waals surface area (Å²) in [4.78, 5) is 12.5. The molecule has 1 heterocycles. The standard InChI is InChI=1S/C21H19F2N3O/c22-16-11-6-12-17(23)20(16)21(27)24-19-13-18(14-7-4-5-8-14)25-26(19)15-9-2-1-3-10-15/h1-3,6,9-14H,4-5,7-8H2,(H,24,27). The molecular weight excluding hydrogens is 348 g/mol. The molecule has 1 amide bonds. The Balaban J connectivity index is 1.71. The van der Waals surface area contributed by atoms with Crippen molar-refractivity contribution in [2.45, 2.75) is 31.6 Å². The molecule has 1 aromatic heterocycles. The molecule has 6 heteroatoms. The van der Waals surface area contributed by atoms with Gasteiger partial charge in [-0.3, -0.25) is 4.79 Å². The maximum Gasteiger partial charge on any atom is 0.262 e. The molecule has 2 aromatic carbocycles. The van der Waals surface area contributed by atoms with Crippen molar-refractivity contribution in [3.8, 4) is 5.69 Å². The molecule has 0 unspecified atom stereocenters. The molecule has 0 radical (unpaired) electrons. The molecule has 0 spiro atoms.